The fraction of sp³-hybridized carbons (Fsp3) is 0.281. The van der Waals surface area contributed by atoms with Crippen molar-refractivity contribution >= 4 is 68.4 Å². The van der Waals surface area contributed by atoms with Gasteiger partial charge in [-0.05, 0) is 90.6 Å². The van der Waals surface area contributed by atoms with E-state index in [1.807, 2.05) is 63.2 Å². The van der Waals surface area contributed by atoms with Crippen LogP contribution >= 0.6 is 50.9 Å². The number of benzene rings is 3. The Balaban J connectivity index is 1.56. The van der Waals surface area contributed by atoms with E-state index in [-0.39, 0.29) is 12.5 Å². The van der Waals surface area contributed by atoms with Crippen molar-refractivity contribution in [1.82, 2.24) is 14.8 Å². The molecule has 230 valence electrons. The minimum Gasteiger partial charge on any atom is -0.490 e. The Hall–Kier alpha value is -3.18. The molecule has 44 heavy (non-hydrogen) atoms. The van der Waals surface area contributed by atoms with E-state index in [0.717, 1.165) is 28.9 Å². The van der Waals surface area contributed by atoms with Crippen molar-refractivity contribution in [2.75, 3.05) is 23.0 Å². The van der Waals surface area contributed by atoms with E-state index < -0.39 is 6.04 Å². The Morgan fingerprint density at radius 3 is 2.66 bits per heavy atom. The van der Waals surface area contributed by atoms with Crippen LogP contribution < -0.4 is 20.1 Å². The van der Waals surface area contributed by atoms with Crippen molar-refractivity contribution in [2.45, 2.75) is 51.9 Å². The molecule has 0 aliphatic carbocycles. The van der Waals surface area contributed by atoms with E-state index in [1.165, 1.54) is 0 Å². The minimum absolute atomic E-state index is 0.204. The molecule has 8 nitrogen and oxygen atoms in total. The number of hydrogen-bond donors (Lipinski definition) is 2. The molecule has 2 heterocycles. The van der Waals surface area contributed by atoms with Crippen molar-refractivity contribution in [1.29, 1.82) is 0 Å². The molecule has 4 aromatic rings. The maximum Gasteiger partial charge on any atom is 0.255 e. The Morgan fingerprint density at radius 2 is 1.93 bits per heavy atom. The van der Waals surface area contributed by atoms with Gasteiger partial charge in [0.25, 0.3) is 5.91 Å². The standard InChI is InChI=1S/C32H32BrCl2N5O3S/c1-5-12-44-32-38-31-36-19(4)27(30(41)37-23-9-7-8-18(3)13-23)28(40(31)39-32)21-14-24(33)29(26(15-21)42-6-2)43-17-20-10-11-22(34)16-25(20)35/h7-11,13-16,28H,5-6,12,17H2,1-4H3,(H,37,41)(H,36,38,39). The third kappa shape index (κ3) is 7.20. The number of nitrogens with zero attached hydrogens (tertiary/aromatic N) is 3. The lowest BCUT2D eigenvalue weighted by molar-refractivity contribution is -0.113. The number of hydrogen-bond acceptors (Lipinski definition) is 7. The molecule has 1 aromatic heterocycles. The highest BCUT2D eigenvalue weighted by Gasteiger charge is 2.35. The summed E-state index contributed by atoms with van der Waals surface area (Å²) in [5, 5.41) is 12.9. The number of carbonyl (C=O) groups excluding carboxylic acids is 1. The second kappa shape index (κ2) is 14.3. The fourth-order valence-electron chi connectivity index (χ4n) is 4.85. The molecule has 1 atom stereocenters. The summed E-state index contributed by atoms with van der Waals surface area (Å²) in [5.41, 5.74) is 4.49. The maximum atomic E-state index is 14.0. The molecule has 3 aromatic carbocycles. The second-order valence-corrected chi connectivity index (χ2v) is 12.9. The van der Waals surface area contributed by atoms with Crippen LogP contribution in [0.1, 0.15) is 49.9 Å². The van der Waals surface area contributed by atoms with E-state index >= 15 is 0 Å². The van der Waals surface area contributed by atoms with Gasteiger partial charge < -0.3 is 20.1 Å². The van der Waals surface area contributed by atoms with Crippen molar-refractivity contribution in [3.63, 3.8) is 0 Å². The first-order valence-corrected chi connectivity index (χ1v) is 16.7. The average Bonchev–Trinajstić information content (AvgIpc) is 3.38. The summed E-state index contributed by atoms with van der Waals surface area (Å²) in [6.07, 6.45) is 0.986. The van der Waals surface area contributed by atoms with Gasteiger partial charge in [-0.3, -0.25) is 4.79 Å². The Bertz CT molecular complexity index is 1730. The molecule has 0 radical (unpaired) electrons. The van der Waals surface area contributed by atoms with Crippen molar-refractivity contribution in [2.24, 2.45) is 0 Å². The number of aryl methyl sites for hydroxylation is 1. The van der Waals surface area contributed by atoms with Crippen molar-refractivity contribution in [3.05, 3.63) is 97.1 Å². The van der Waals surface area contributed by atoms with Crippen LogP contribution in [0.5, 0.6) is 11.5 Å². The summed E-state index contributed by atoms with van der Waals surface area (Å²) in [6, 6.07) is 16.2. The first-order chi connectivity index (χ1) is 21.2. The zero-order chi connectivity index (χ0) is 31.4. The molecule has 0 spiro atoms. The van der Waals surface area contributed by atoms with Gasteiger partial charge in [0, 0.05) is 32.7 Å². The molecule has 1 aliphatic rings. The first-order valence-electron chi connectivity index (χ1n) is 14.2. The number of amides is 1. The quantitative estimate of drug-likeness (QED) is 0.150. The zero-order valence-corrected chi connectivity index (χ0v) is 28.6. The van der Waals surface area contributed by atoms with Crippen LogP contribution in [0.15, 0.2) is 75.5 Å². The predicted molar refractivity (Wildman–Crippen MR) is 181 cm³/mol. The fourth-order valence-corrected chi connectivity index (χ4v) is 6.57. The Morgan fingerprint density at radius 1 is 1.11 bits per heavy atom. The molecule has 0 saturated carbocycles. The molecular formula is C32H32BrCl2N5O3S. The van der Waals surface area contributed by atoms with E-state index in [2.05, 4.69) is 33.5 Å². The maximum absolute atomic E-state index is 14.0. The third-order valence-corrected chi connectivity index (χ3v) is 9.04. The number of thioether (sulfide) groups is 1. The summed E-state index contributed by atoms with van der Waals surface area (Å²) in [5.74, 6) is 2.22. The molecular weight excluding hydrogens is 685 g/mol. The van der Waals surface area contributed by atoms with Crippen molar-refractivity contribution < 1.29 is 14.3 Å². The lowest BCUT2D eigenvalue weighted by atomic mass is 9.94. The van der Waals surface area contributed by atoms with Crippen LogP contribution in [0.3, 0.4) is 0 Å². The summed E-state index contributed by atoms with van der Waals surface area (Å²) >= 11 is 17.8. The van der Waals surface area contributed by atoms with Crippen LogP contribution in [0.4, 0.5) is 11.6 Å². The Labute approximate surface area is 279 Å². The van der Waals surface area contributed by atoms with Gasteiger partial charge in [-0.15, -0.1) is 5.10 Å². The lowest BCUT2D eigenvalue weighted by Crippen LogP contribution is -2.31. The SMILES string of the molecule is CCCSc1nc2n(n1)C(c1cc(Br)c(OCc3ccc(Cl)cc3Cl)c(OCC)c1)C(C(=O)Nc1cccc(C)c1)=C(C)N2. The number of halogens is 3. The van der Waals surface area contributed by atoms with Crippen molar-refractivity contribution in [3.8, 4) is 11.5 Å². The predicted octanol–water partition coefficient (Wildman–Crippen LogP) is 9.06. The normalized spacial score (nSPS) is 14.2. The molecule has 1 aliphatic heterocycles. The van der Waals surface area contributed by atoms with Crippen LogP contribution in [0.2, 0.25) is 10.0 Å². The molecule has 1 amide bonds. The van der Waals surface area contributed by atoms with Gasteiger partial charge in [0.2, 0.25) is 11.1 Å². The number of ether oxygens (including phenoxy) is 2. The van der Waals surface area contributed by atoms with Gasteiger partial charge >= 0.3 is 0 Å². The van der Waals surface area contributed by atoms with Gasteiger partial charge in [-0.25, -0.2) is 4.68 Å². The molecule has 12 heteroatoms. The smallest absolute Gasteiger partial charge is 0.255 e. The van der Waals surface area contributed by atoms with E-state index in [4.69, 9.17) is 42.8 Å². The van der Waals surface area contributed by atoms with Gasteiger partial charge in [0.15, 0.2) is 11.5 Å². The topological polar surface area (TPSA) is 90.3 Å². The molecule has 1 unspecified atom stereocenters. The molecule has 0 fully saturated rings. The number of allylic oxidation sites excluding steroid dienone is 1. The van der Waals surface area contributed by atoms with Crippen LogP contribution in [-0.2, 0) is 11.4 Å². The van der Waals surface area contributed by atoms with Gasteiger partial charge in [-0.1, -0.05) is 60.1 Å². The summed E-state index contributed by atoms with van der Waals surface area (Å²) < 4.78 is 14.7. The summed E-state index contributed by atoms with van der Waals surface area (Å²) in [7, 11) is 0. The molecule has 0 saturated heterocycles. The van der Waals surface area contributed by atoms with Gasteiger partial charge in [0.1, 0.15) is 12.6 Å². The Kier molecular flexibility index (Phi) is 10.5. The average molecular weight is 718 g/mol. The second-order valence-electron chi connectivity index (χ2n) is 10.2. The zero-order valence-electron chi connectivity index (χ0n) is 24.7. The third-order valence-electron chi connectivity index (χ3n) is 6.82. The highest BCUT2D eigenvalue weighted by atomic mass is 79.9. The highest BCUT2D eigenvalue weighted by Crippen LogP contribution is 2.44. The number of rotatable bonds is 11. The lowest BCUT2D eigenvalue weighted by Gasteiger charge is -2.29. The van der Waals surface area contributed by atoms with E-state index in [0.29, 0.717) is 60.7 Å². The summed E-state index contributed by atoms with van der Waals surface area (Å²) in [4.78, 5) is 18.7. The molecule has 0 bridgehead atoms. The first kappa shape index (κ1) is 32.2. The molecule has 5 rings (SSSR count). The van der Waals surface area contributed by atoms with Gasteiger partial charge in [0.05, 0.1) is 16.7 Å². The monoisotopic (exact) mass is 715 g/mol. The number of carbonyl (C=O) groups is 1. The van der Waals surface area contributed by atoms with Crippen LogP contribution in [-0.4, -0.2) is 33.0 Å². The van der Waals surface area contributed by atoms with Crippen LogP contribution in [0.25, 0.3) is 0 Å². The number of fused-ring (bicyclic) bond motifs is 1. The number of nitrogens with one attached hydrogen (secondary N) is 2. The largest absolute Gasteiger partial charge is 0.490 e. The van der Waals surface area contributed by atoms with Gasteiger partial charge in [-0.2, -0.15) is 4.98 Å². The van der Waals surface area contributed by atoms with E-state index in [9.17, 15) is 4.79 Å². The van der Waals surface area contributed by atoms with Crippen LogP contribution in [0, 0.1) is 6.92 Å². The highest BCUT2D eigenvalue weighted by molar-refractivity contribution is 9.10. The summed E-state index contributed by atoms with van der Waals surface area (Å²) in [6.45, 7) is 8.49. The number of anilines is 2. The molecule has 2 N–H and O–H groups in total. The minimum atomic E-state index is -0.602. The number of aromatic nitrogens is 3. The van der Waals surface area contributed by atoms with E-state index in [1.54, 1.807) is 28.6 Å².